The molecule has 1 aliphatic rings. The van der Waals surface area contributed by atoms with Crippen molar-refractivity contribution in [1.82, 2.24) is 4.90 Å². The molecular weight excluding hydrogens is 374 g/mol. The van der Waals surface area contributed by atoms with Crippen LogP contribution in [0.25, 0.3) is 0 Å². The summed E-state index contributed by atoms with van der Waals surface area (Å²) in [5.74, 6) is -0.0491. The minimum atomic E-state index is -0.537. The number of carbonyl (C=O) groups is 2. The van der Waals surface area contributed by atoms with Crippen LogP contribution < -0.4 is 9.64 Å². The van der Waals surface area contributed by atoms with E-state index in [0.29, 0.717) is 38.3 Å². The van der Waals surface area contributed by atoms with E-state index in [9.17, 15) is 19.7 Å². The van der Waals surface area contributed by atoms with E-state index in [2.05, 4.69) is 4.90 Å². The van der Waals surface area contributed by atoms with Crippen molar-refractivity contribution in [3.8, 4) is 5.75 Å². The zero-order chi connectivity index (χ0) is 21.0. The molecule has 0 aliphatic carbocycles. The van der Waals surface area contributed by atoms with Gasteiger partial charge in [-0.3, -0.25) is 19.7 Å². The summed E-state index contributed by atoms with van der Waals surface area (Å²) < 4.78 is 5.27. The van der Waals surface area contributed by atoms with E-state index < -0.39 is 4.92 Å². The molecule has 8 heteroatoms. The molecular formula is C21H23N3O5. The third-order valence-electron chi connectivity index (χ3n) is 4.91. The molecule has 0 spiro atoms. The summed E-state index contributed by atoms with van der Waals surface area (Å²) in [6, 6.07) is 11.7. The number of nitrogens with zero attached hydrogens (tertiary/aromatic N) is 3. The Morgan fingerprint density at radius 1 is 1.03 bits per heavy atom. The normalized spacial score (nSPS) is 13.9. The SMILES string of the molecule is CCOc1ccc(C(=O)N2CCN(c3ccc(C(C)=O)cc3)CC2)cc1[N+](=O)[O-]. The van der Waals surface area contributed by atoms with Gasteiger partial charge in [0.1, 0.15) is 0 Å². The first-order valence-corrected chi connectivity index (χ1v) is 9.47. The Bertz CT molecular complexity index is 918. The average molecular weight is 397 g/mol. The Kier molecular flexibility index (Phi) is 6.11. The smallest absolute Gasteiger partial charge is 0.311 e. The van der Waals surface area contributed by atoms with Crippen molar-refractivity contribution in [3.63, 3.8) is 0 Å². The van der Waals surface area contributed by atoms with E-state index in [1.165, 1.54) is 19.1 Å². The van der Waals surface area contributed by atoms with E-state index in [1.54, 1.807) is 30.0 Å². The number of rotatable bonds is 6. The van der Waals surface area contributed by atoms with Crippen LogP contribution in [-0.2, 0) is 0 Å². The number of ether oxygens (including phenoxy) is 1. The number of hydrogen-bond acceptors (Lipinski definition) is 6. The van der Waals surface area contributed by atoms with Crippen LogP contribution in [0.2, 0.25) is 0 Å². The van der Waals surface area contributed by atoms with Gasteiger partial charge in [-0.2, -0.15) is 0 Å². The summed E-state index contributed by atoms with van der Waals surface area (Å²) in [7, 11) is 0. The van der Waals surface area contributed by atoms with Gasteiger partial charge in [0, 0.05) is 49.1 Å². The molecule has 8 nitrogen and oxygen atoms in total. The standard InChI is InChI=1S/C21H23N3O5/c1-3-29-20-9-6-17(14-19(20)24(27)28)21(26)23-12-10-22(11-13-23)18-7-4-16(5-8-18)15(2)25/h4-9,14H,3,10-13H2,1-2H3. The average Bonchev–Trinajstić information content (AvgIpc) is 2.74. The molecule has 1 fully saturated rings. The lowest BCUT2D eigenvalue weighted by atomic mass is 10.1. The van der Waals surface area contributed by atoms with Gasteiger partial charge in [-0.15, -0.1) is 0 Å². The Morgan fingerprint density at radius 2 is 1.66 bits per heavy atom. The monoisotopic (exact) mass is 397 g/mol. The highest BCUT2D eigenvalue weighted by Crippen LogP contribution is 2.29. The van der Waals surface area contributed by atoms with Crippen molar-refractivity contribution in [2.45, 2.75) is 13.8 Å². The summed E-state index contributed by atoms with van der Waals surface area (Å²) in [5.41, 5.74) is 1.74. The van der Waals surface area contributed by atoms with Gasteiger partial charge in [0.05, 0.1) is 11.5 Å². The molecule has 2 aromatic rings. The molecule has 1 amide bonds. The van der Waals surface area contributed by atoms with Gasteiger partial charge in [-0.05, 0) is 50.2 Å². The highest BCUT2D eigenvalue weighted by atomic mass is 16.6. The number of hydrogen-bond donors (Lipinski definition) is 0. The molecule has 0 radical (unpaired) electrons. The summed E-state index contributed by atoms with van der Waals surface area (Å²) in [6.45, 7) is 5.89. The van der Waals surface area contributed by atoms with Gasteiger partial charge in [0.15, 0.2) is 11.5 Å². The number of ketones is 1. The Morgan fingerprint density at radius 3 is 2.21 bits per heavy atom. The van der Waals surface area contributed by atoms with Crippen LogP contribution in [0.3, 0.4) is 0 Å². The van der Waals surface area contributed by atoms with Crippen LogP contribution in [0.1, 0.15) is 34.6 Å². The van der Waals surface area contributed by atoms with Gasteiger partial charge in [-0.1, -0.05) is 0 Å². The fourth-order valence-corrected chi connectivity index (χ4v) is 3.33. The number of amides is 1. The van der Waals surface area contributed by atoms with Crippen molar-refractivity contribution >= 4 is 23.1 Å². The van der Waals surface area contributed by atoms with Gasteiger partial charge < -0.3 is 14.5 Å². The van der Waals surface area contributed by atoms with E-state index in [-0.39, 0.29) is 28.7 Å². The Labute approximate surface area is 168 Å². The first kappa shape index (κ1) is 20.3. The van der Waals surface area contributed by atoms with Crippen LogP contribution in [0.5, 0.6) is 5.75 Å². The van der Waals surface area contributed by atoms with E-state index in [1.807, 2.05) is 12.1 Å². The van der Waals surface area contributed by atoms with Crippen molar-refractivity contribution in [1.29, 1.82) is 0 Å². The topological polar surface area (TPSA) is 93.0 Å². The second-order valence-corrected chi connectivity index (χ2v) is 6.75. The fraction of sp³-hybridized carbons (Fsp3) is 0.333. The molecule has 1 aliphatic heterocycles. The quantitative estimate of drug-likeness (QED) is 0.422. The number of nitro benzene ring substituents is 1. The Balaban J connectivity index is 1.67. The lowest BCUT2D eigenvalue weighted by Gasteiger charge is -2.36. The highest BCUT2D eigenvalue weighted by Gasteiger charge is 2.25. The van der Waals surface area contributed by atoms with Gasteiger partial charge >= 0.3 is 5.69 Å². The molecule has 3 rings (SSSR count). The molecule has 152 valence electrons. The highest BCUT2D eigenvalue weighted by molar-refractivity contribution is 5.95. The van der Waals surface area contributed by atoms with Crippen LogP contribution in [0, 0.1) is 10.1 Å². The summed E-state index contributed by atoms with van der Waals surface area (Å²) in [6.07, 6.45) is 0. The maximum atomic E-state index is 12.8. The number of anilines is 1. The molecule has 0 N–H and O–H groups in total. The van der Waals surface area contributed by atoms with Crippen LogP contribution in [0.4, 0.5) is 11.4 Å². The summed E-state index contributed by atoms with van der Waals surface area (Å²) in [4.78, 5) is 38.8. The zero-order valence-electron chi connectivity index (χ0n) is 16.5. The molecule has 0 atom stereocenters. The molecule has 1 saturated heterocycles. The minimum Gasteiger partial charge on any atom is -0.487 e. The lowest BCUT2D eigenvalue weighted by Crippen LogP contribution is -2.48. The summed E-state index contributed by atoms with van der Waals surface area (Å²) in [5, 5.41) is 11.3. The second kappa shape index (κ2) is 8.72. The van der Waals surface area contributed by atoms with Crippen molar-refractivity contribution in [2.75, 3.05) is 37.7 Å². The molecule has 0 aromatic heterocycles. The third kappa shape index (κ3) is 4.53. The molecule has 1 heterocycles. The maximum Gasteiger partial charge on any atom is 0.311 e. The second-order valence-electron chi connectivity index (χ2n) is 6.75. The predicted octanol–water partition coefficient (Wildman–Crippen LogP) is 3.16. The van der Waals surface area contributed by atoms with Gasteiger partial charge in [0.2, 0.25) is 0 Å². The number of piperazine rings is 1. The molecule has 0 unspecified atom stereocenters. The number of carbonyl (C=O) groups excluding carboxylic acids is 2. The number of nitro groups is 1. The van der Waals surface area contributed by atoms with Crippen molar-refractivity contribution in [3.05, 3.63) is 63.7 Å². The molecule has 29 heavy (non-hydrogen) atoms. The summed E-state index contributed by atoms with van der Waals surface area (Å²) >= 11 is 0. The first-order valence-electron chi connectivity index (χ1n) is 9.47. The van der Waals surface area contributed by atoms with E-state index in [4.69, 9.17) is 4.74 Å². The molecule has 0 bridgehead atoms. The minimum absolute atomic E-state index is 0.0245. The third-order valence-corrected chi connectivity index (χ3v) is 4.91. The van der Waals surface area contributed by atoms with Crippen LogP contribution in [-0.4, -0.2) is 54.3 Å². The van der Waals surface area contributed by atoms with E-state index in [0.717, 1.165) is 5.69 Å². The maximum absolute atomic E-state index is 12.8. The van der Waals surface area contributed by atoms with Crippen LogP contribution >= 0.6 is 0 Å². The van der Waals surface area contributed by atoms with Gasteiger partial charge in [0.25, 0.3) is 5.91 Å². The van der Waals surface area contributed by atoms with Crippen LogP contribution in [0.15, 0.2) is 42.5 Å². The largest absolute Gasteiger partial charge is 0.487 e. The Hall–Kier alpha value is -3.42. The van der Waals surface area contributed by atoms with E-state index >= 15 is 0 Å². The predicted molar refractivity (Wildman–Crippen MR) is 109 cm³/mol. The van der Waals surface area contributed by atoms with Crippen molar-refractivity contribution in [2.24, 2.45) is 0 Å². The van der Waals surface area contributed by atoms with Crippen molar-refractivity contribution < 1.29 is 19.2 Å². The first-order chi connectivity index (χ1) is 13.9. The van der Waals surface area contributed by atoms with Gasteiger partial charge in [-0.25, -0.2) is 0 Å². The fourth-order valence-electron chi connectivity index (χ4n) is 3.33. The number of benzene rings is 2. The number of Topliss-reactive ketones (excluding diaryl/α,β-unsaturated/α-hetero) is 1. The lowest BCUT2D eigenvalue weighted by molar-refractivity contribution is -0.385. The zero-order valence-corrected chi connectivity index (χ0v) is 16.5. The molecule has 0 saturated carbocycles. The molecule has 2 aromatic carbocycles.